The standard InChI is InChI=1S/C16H23NO/c1-15(2,3)13(12-10-8-7-9-11-12)17-14(18)16(4,5)6/h7-11H,1-6H3. The summed E-state index contributed by atoms with van der Waals surface area (Å²) in [7, 11) is 0. The first-order valence-corrected chi connectivity index (χ1v) is 6.31. The van der Waals surface area contributed by atoms with Crippen molar-refractivity contribution >= 4 is 11.6 Å². The molecule has 1 aromatic rings. The van der Waals surface area contributed by atoms with E-state index >= 15 is 0 Å². The minimum atomic E-state index is -0.439. The molecular formula is C16H23NO. The first-order valence-electron chi connectivity index (χ1n) is 6.31. The topological polar surface area (TPSA) is 29.4 Å². The fraction of sp³-hybridized carbons (Fsp3) is 0.500. The molecule has 1 amide bonds. The van der Waals surface area contributed by atoms with Crippen molar-refractivity contribution < 1.29 is 4.79 Å². The first-order chi connectivity index (χ1) is 8.12. The van der Waals surface area contributed by atoms with E-state index in [0.717, 1.165) is 11.3 Å². The molecular weight excluding hydrogens is 222 g/mol. The number of hydrogen-bond acceptors (Lipinski definition) is 1. The maximum atomic E-state index is 12.1. The van der Waals surface area contributed by atoms with E-state index in [0.29, 0.717) is 0 Å². The molecule has 0 spiro atoms. The van der Waals surface area contributed by atoms with Crippen LogP contribution >= 0.6 is 0 Å². The number of nitrogens with zero attached hydrogens (tertiary/aromatic N) is 1. The second kappa shape index (κ2) is 5.05. The molecule has 18 heavy (non-hydrogen) atoms. The quantitative estimate of drug-likeness (QED) is 0.685. The Morgan fingerprint density at radius 3 is 1.78 bits per heavy atom. The van der Waals surface area contributed by atoms with E-state index < -0.39 is 5.41 Å². The van der Waals surface area contributed by atoms with Crippen molar-refractivity contribution in [3.05, 3.63) is 35.9 Å². The highest BCUT2D eigenvalue weighted by molar-refractivity contribution is 6.09. The maximum Gasteiger partial charge on any atom is 0.251 e. The van der Waals surface area contributed by atoms with Crippen LogP contribution in [0.25, 0.3) is 0 Å². The molecule has 1 aromatic carbocycles. The second-order valence-electron chi connectivity index (χ2n) is 6.63. The predicted octanol–water partition coefficient (Wildman–Crippen LogP) is 4.09. The average molecular weight is 245 g/mol. The number of carbonyl (C=O) groups excluding carboxylic acids is 1. The second-order valence-corrected chi connectivity index (χ2v) is 6.63. The van der Waals surface area contributed by atoms with E-state index in [-0.39, 0.29) is 11.3 Å². The zero-order valence-electron chi connectivity index (χ0n) is 12.2. The average Bonchev–Trinajstić information content (AvgIpc) is 2.23. The van der Waals surface area contributed by atoms with Crippen molar-refractivity contribution in [1.82, 2.24) is 0 Å². The van der Waals surface area contributed by atoms with Crippen LogP contribution in [0.5, 0.6) is 0 Å². The zero-order chi connectivity index (χ0) is 14.0. The summed E-state index contributed by atoms with van der Waals surface area (Å²) in [5, 5.41) is 0. The third-order valence-electron chi connectivity index (χ3n) is 2.61. The van der Waals surface area contributed by atoms with Gasteiger partial charge in [0.05, 0.1) is 5.71 Å². The van der Waals surface area contributed by atoms with Gasteiger partial charge in [-0.3, -0.25) is 4.79 Å². The van der Waals surface area contributed by atoms with Gasteiger partial charge in [0.25, 0.3) is 5.91 Å². The molecule has 0 aliphatic carbocycles. The molecule has 0 aromatic heterocycles. The van der Waals surface area contributed by atoms with Crippen molar-refractivity contribution in [1.29, 1.82) is 0 Å². The summed E-state index contributed by atoms with van der Waals surface area (Å²) in [5.41, 5.74) is 1.28. The molecule has 0 radical (unpaired) electrons. The first kappa shape index (κ1) is 14.6. The van der Waals surface area contributed by atoms with Crippen molar-refractivity contribution in [2.24, 2.45) is 15.8 Å². The van der Waals surface area contributed by atoms with Crippen LogP contribution in [-0.2, 0) is 4.79 Å². The number of aliphatic imine (C=N–C) groups is 1. The fourth-order valence-electron chi connectivity index (χ4n) is 1.53. The Bertz CT molecular complexity index is 444. The summed E-state index contributed by atoms with van der Waals surface area (Å²) >= 11 is 0. The van der Waals surface area contributed by atoms with Gasteiger partial charge in [-0.05, 0) is 5.56 Å². The molecule has 98 valence electrons. The number of benzene rings is 1. The Hall–Kier alpha value is -1.44. The molecule has 0 N–H and O–H groups in total. The minimum absolute atomic E-state index is 0.0729. The van der Waals surface area contributed by atoms with Gasteiger partial charge in [-0.25, -0.2) is 4.99 Å². The maximum absolute atomic E-state index is 12.1. The molecule has 2 nitrogen and oxygen atoms in total. The summed E-state index contributed by atoms with van der Waals surface area (Å²) in [6.07, 6.45) is 0. The van der Waals surface area contributed by atoms with E-state index in [1.54, 1.807) is 0 Å². The van der Waals surface area contributed by atoms with Crippen LogP contribution in [0.4, 0.5) is 0 Å². The molecule has 0 unspecified atom stereocenters. The molecule has 0 bridgehead atoms. The molecule has 0 saturated heterocycles. The Kier molecular flexibility index (Phi) is 4.10. The zero-order valence-corrected chi connectivity index (χ0v) is 12.2. The lowest BCUT2D eigenvalue weighted by atomic mass is 9.85. The largest absolute Gasteiger partial charge is 0.272 e. The lowest BCUT2D eigenvalue weighted by molar-refractivity contribution is -0.124. The van der Waals surface area contributed by atoms with E-state index in [9.17, 15) is 4.79 Å². The summed E-state index contributed by atoms with van der Waals surface area (Å²) in [6, 6.07) is 9.91. The third-order valence-corrected chi connectivity index (χ3v) is 2.61. The fourth-order valence-corrected chi connectivity index (χ4v) is 1.53. The van der Waals surface area contributed by atoms with Gasteiger partial charge in [0.2, 0.25) is 0 Å². The molecule has 0 aliphatic rings. The highest BCUT2D eigenvalue weighted by Gasteiger charge is 2.26. The number of hydrogen-bond donors (Lipinski definition) is 0. The molecule has 0 saturated carbocycles. The molecule has 0 heterocycles. The van der Waals surface area contributed by atoms with Crippen LogP contribution in [0.1, 0.15) is 47.1 Å². The molecule has 2 heteroatoms. The molecule has 0 atom stereocenters. The van der Waals surface area contributed by atoms with Gasteiger partial charge in [0.1, 0.15) is 0 Å². The number of amides is 1. The van der Waals surface area contributed by atoms with E-state index in [1.165, 1.54) is 0 Å². The van der Waals surface area contributed by atoms with E-state index in [1.807, 2.05) is 51.1 Å². The monoisotopic (exact) mass is 245 g/mol. The number of rotatable bonds is 1. The summed E-state index contributed by atoms with van der Waals surface area (Å²) < 4.78 is 0. The third kappa shape index (κ3) is 3.80. The van der Waals surface area contributed by atoms with Gasteiger partial charge in [0.15, 0.2) is 0 Å². The Morgan fingerprint density at radius 2 is 1.39 bits per heavy atom. The van der Waals surface area contributed by atoms with Gasteiger partial charge < -0.3 is 0 Å². The Labute approximate surface area is 110 Å². The highest BCUT2D eigenvalue weighted by Crippen LogP contribution is 2.24. The minimum Gasteiger partial charge on any atom is -0.272 e. The lowest BCUT2D eigenvalue weighted by Gasteiger charge is -2.23. The van der Waals surface area contributed by atoms with Crippen molar-refractivity contribution in [2.75, 3.05) is 0 Å². The van der Waals surface area contributed by atoms with Crippen molar-refractivity contribution in [3.8, 4) is 0 Å². The number of carbonyl (C=O) groups is 1. The normalized spacial score (nSPS) is 13.6. The van der Waals surface area contributed by atoms with Crippen molar-refractivity contribution in [2.45, 2.75) is 41.5 Å². The Morgan fingerprint density at radius 1 is 0.889 bits per heavy atom. The molecule has 1 rings (SSSR count). The lowest BCUT2D eigenvalue weighted by Crippen LogP contribution is -2.26. The smallest absolute Gasteiger partial charge is 0.251 e. The van der Waals surface area contributed by atoms with Gasteiger partial charge >= 0.3 is 0 Å². The molecule has 0 aliphatic heterocycles. The van der Waals surface area contributed by atoms with E-state index in [4.69, 9.17) is 0 Å². The van der Waals surface area contributed by atoms with Gasteiger partial charge in [-0.1, -0.05) is 71.9 Å². The van der Waals surface area contributed by atoms with Crippen LogP contribution in [0, 0.1) is 10.8 Å². The predicted molar refractivity (Wildman–Crippen MR) is 76.9 cm³/mol. The Balaban J connectivity index is 3.25. The van der Waals surface area contributed by atoms with E-state index in [2.05, 4.69) is 25.8 Å². The van der Waals surface area contributed by atoms with Crippen molar-refractivity contribution in [3.63, 3.8) is 0 Å². The van der Waals surface area contributed by atoms with Crippen LogP contribution in [0.2, 0.25) is 0 Å². The summed E-state index contributed by atoms with van der Waals surface area (Å²) in [5.74, 6) is -0.0729. The molecule has 0 fully saturated rings. The summed E-state index contributed by atoms with van der Waals surface area (Å²) in [4.78, 5) is 16.5. The van der Waals surface area contributed by atoms with Gasteiger partial charge in [-0.2, -0.15) is 0 Å². The van der Waals surface area contributed by atoms with Crippen LogP contribution in [0.15, 0.2) is 35.3 Å². The van der Waals surface area contributed by atoms with Crippen LogP contribution < -0.4 is 0 Å². The van der Waals surface area contributed by atoms with Gasteiger partial charge in [-0.15, -0.1) is 0 Å². The SMILES string of the molecule is CC(C)(C)C(=O)N=C(c1ccccc1)C(C)(C)C. The van der Waals surface area contributed by atoms with Crippen LogP contribution in [-0.4, -0.2) is 11.6 Å². The van der Waals surface area contributed by atoms with Gasteiger partial charge in [0, 0.05) is 10.8 Å². The summed E-state index contributed by atoms with van der Waals surface area (Å²) in [6.45, 7) is 11.9. The highest BCUT2D eigenvalue weighted by atomic mass is 16.1. The van der Waals surface area contributed by atoms with Crippen LogP contribution in [0.3, 0.4) is 0 Å².